The summed E-state index contributed by atoms with van der Waals surface area (Å²) in [6.45, 7) is 3.51. The molecule has 0 atom stereocenters. The molecule has 0 aliphatic carbocycles. The van der Waals surface area contributed by atoms with E-state index in [9.17, 15) is 13.6 Å². The number of hydrogen-bond acceptors (Lipinski definition) is 2. The number of rotatable bonds is 3. The number of nitrogens with one attached hydrogen (secondary N) is 1. The molecule has 6 heteroatoms. The van der Waals surface area contributed by atoms with E-state index in [1.165, 1.54) is 18.2 Å². The van der Waals surface area contributed by atoms with Crippen molar-refractivity contribution < 1.29 is 13.6 Å². The number of benzene rings is 2. The Bertz CT molecular complexity index is 791. The number of carbonyl (C=O) groups excluding carboxylic acids is 1. The lowest BCUT2D eigenvalue weighted by atomic mass is 9.98. The average molecular weight is 381 g/mol. The summed E-state index contributed by atoms with van der Waals surface area (Å²) in [5.41, 5.74) is 2.00. The molecule has 1 N–H and O–H groups in total. The molecule has 2 aromatic rings. The third-order valence-corrected chi connectivity index (χ3v) is 4.87. The summed E-state index contributed by atoms with van der Waals surface area (Å²) in [5, 5.41) is 3.27. The van der Waals surface area contributed by atoms with Crippen LogP contribution in [0.4, 0.5) is 8.78 Å². The van der Waals surface area contributed by atoms with Gasteiger partial charge in [0, 0.05) is 24.2 Å². The van der Waals surface area contributed by atoms with Crippen molar-refractivity contribution in [2.24, 2.45) is 0 Å². The third-order valence-electron chi connectivity index (χ3n) is 4.87. The summed E-state index contributed by atoms with van der Waals surface area (Å²) in [4.78, 5) is 14.4. The minimum Gasteiger partial charge on any atom is -0.339 e. The summed E-state index contributed by atoms with van der Waals surface area (Å²) in [6, 6.07) is 8.94. The molecular weight excluding hydrogens is 358 g/mol. The molecule has 0 spiro atoms. The highest BCUT2D eigenvalue weighted by molar-refractivity contribution is 5.95. The van der Waals surface area contributed by atoms with Gasteiger partial charge in [-0.3, -0.25) is 4.79 Å². The number of carbonyl (C=O) groups is 1. The minimum absolute atomic E-state index is 0. The molecule has 1 amide bonds. The van der Waals surface area contributed by atoms with Crippen LogP contribution in [0.3, 0.4) is 0 Å². The second-order valence-electron chi connectivity index (χ2n) is 6.55. The zero-order valence-electron chi connectivity index (χ0n) is 14.9. The first-order valence-corrected chi connectivity index (χ1v) is 8.51. The molecule has 140 valence electrons. The highest BCUT2D eigenvalue weighted by atomic mass is 35.5. The zero-order chi connectivity index (χ0) is 18.0. The Kier molecular flexibility index (Phi) is 6.73. The van der Waals surface area contributed by atoms with Crippen molar-refractivity contribution in [1.82, 2.24) is 10.2 Å². The number of piperidine rings is 1. The fraction of sp³-hybridized carbons (Fsp3) is 0.350. The normalized spacial score (nSPS) is 14.6. The lowest BCUT2D eigenvalue weighted by molar-refractivity contribution is 0.0703. The first kappa shape index (κ1) is 20.3. The van der Waals surface area contributed by atoms with Gasteiger partial charge in [-0.05, 0) is 68.2 Å². The number of hydrogen-bond donors (Lipinski definition) is 1. The molecule has 3 nitrogen and oxygen atoms in total. The van der Waals surface area contributed by atoms with Gasteiger partial charge in [0.05, 0.1) is 0 Å². The van der Waals surface area contributed by atoms with E-state index in [0.29, 0.717) is 22.3 Å². The second kappa shape index (κ2) is 8.60. The van der Waals surface area contributed by atoms with Crippen molar-refractivity contribution in [3.8, 4) is 11.1 Å². The molecule has 1 saturated heterocycles. The fourth-order valence-electron chi connectivity index (χ4n) is 3.36. The van der Waals surface area contributed by atoms with E-state index in [1.54, 1.807) is 37.1 Å². The largest absolute Gasteiger partial charge is 0.339 e. The van der Waals surface area contributed by atoms with E-state index in [-0.39, 0.29) is 30.2 Å². The van der Waals surface area contributed by atoms with E-state index in [2.05, 4.69) is 5.32 Å². The summed E-state index contributed by atoms with van der Waals surface area (Å²) in [5.74, 6) is -0.996. The maximum absolute atomic E-state index is 14.6. The van der Waals surface area contributed by atoms with E-state index in [1.807, 2.05) is 0 Å². The van der Waals surface area contributed by atoms with Gasteiger partial charge in [-0.1, -0.05) is 12.1 Å². The predicted octanol–water partition coefficient (Wildman–Crippen LogP) is 4.19. The standard InChI is InChI=1S/C20H22F2N2O.ClH/c1-13-11-15(21)4-6-17(13)18-5-3-14(12-19(18)22)20(25)24(2)16-7-9-23-10-8-16;/h3-6,11-12,16,23H,7-10H2,1-2H3;1H. The summed E-state index contributed by atoms with van der Waals surface area (Å²) in [6.07, 6.45) is 1.80. The van der Waals surface area contributed by atoms with Crippen molar-refractivity contribution in [3.63, 3.8) is 0 Å². The summed E-state index contributed by atoms with van der Waals surface area (Å²) < 4.78 is 27.9. The smallest absolute Gasteiger partial charge is 0.253 e. The molecule has 0 aromatic heterocycles. The summed E-state index contributed by atoms with van der Waals surface area (Å²) >= 11 is 0. The third kappa shape index (κ3) is 4.22. The van der Waals surface area contributed by atoms with Crippen molar-refractivity contribution in [1.29, 1.82) is 0 Å². The lowest BCUT2D eigenvalue weighted by Gasteiger charge is -2.31. The maximum Gasteiger partial charge on any atom is 0.253 e. The van der Waals surface area contributed by atoms with Gasteiger partial charge in [0.15, 0.2) is 0 Å². The molecule has 1 aliphatic heterocycles. The van der Waals surface area contributed by atoms with E-state index < -0.39 is 5.82 Å². The Balaban J connectivity index is 0.00000243. The van der Waals surface area contributed by atoms with Gasteiger partial charge in [0.25, 0.3) is 5.91 Å². The molecule has 0 saturated carbocycles. The molecule has 0 unspecified atom stereocenters. The van der Waals surface area contributed by atoms with Gasteiger partial charge in [-0.2, -0.15) is 0 Å². The van der Waals surface area contributed by atoms with E-state index in [0.717, 1.165) is 25.9 Å². The molecule has 26 heavy (non-hydrogen) atoms. The maximum atomic E-state index is 14.6. The molecule has 3 rings (SSSR count). The number of amides is 1. The van der Waals surface area contributed by atoms with E-state index >= 15 is 0 Å². The van der Waals surface area contributed by atoms with E-state index in [4.69, 9.17) is 0 Å². The van der Waals surface area contributed by atoms with Gasteiger partial charge in [0.1, 0.15) is 11.6 Å². The monoisotopic (exact) mass is 380 g/mol. The summed E-state index contributed by atoms with van der Waals surface area (Å²) in [7, 11) is 1.77. The van der Waals surface area contributed by atoms with Crippen LogP contribution in [0.15, 0.2) is 36.4 Å². The Morgan fingerprint density at radius 1 is 1.08 bits per heavy atom. The quantitative estimate of drug-likeness (QED) is 0.866. The number of nitrogens with zero attached hydrogens (tertiary/aromatic N) is 1. The first-order valence-electron chi connectivity index (χ1n) is 8.51. The van der Waals surface area contributed by atoms with Crippen LogP contribution < -0.4 is 5.32 Å². The molecule has 2 aromatic carbocycles. The topological polar surface area (TPSA) is 32.3 Å². The van der Waals surface area contributed by atoms with Crippen LogP contribution in [0, 0.1) is 18.6 Å². The predicted molar refractivity (Wildman–Crippen MR) is 102 cm³/mol. The molecule has 1 aliphatic rings. The average Bonchev–Trinajstić information content (AvgIpc) is 2.62. The molecular formula is C20H23ClF2N2O. The van der Waals surface area contributed by atoms with Gasteiger partial charge in [-0.15, -0.1) is 12.4 Å². The minimum atomic E-state index is -0.473. The fourth-order valence-corrected chi connectivity index (χ4v) is 3.36. The number of aryl methyl sites for hydroxylation is 1. The van der Waals surface area contributed by atoms with Crippen LogP contribution in [-0.4, -0.2) is 37.0 Å². The van der Waals surface area contributed by atoms with Gasteiger partial charge < -0.3 is 10.2 Å². The SMILES string of the molecule is Cc1cc(F)ccc1-c1ccc(C(=O)N(C)C2CCNCC2)cc1F.Cl. The van der Waals surface area contributed by atoms with Crippen molar-refractivity contribution >= 4 is 18.3 Å². The highest BCUT2D eigenvalue weighted by Gasteiger charge is 2.23. The molecule has 0 bridgehead atoms. The van der Waals surface area contributed by atoms with Crippen LogP contribution in [0.5, 0.6) is 0 Å². The zero-order valence-corrected chi connectivity index (χ0v) is 15.7. The van der Waals surface area contributed by atoms with Gasteiger partial charge in [-0.25, -0.2) is 8.78 Å². The van der Waals surface area contributed by atoms with Crippen LogP contribution >= 0.6 is 12.4 Å². The Morgan fingerprint density at radius 3 is 2.35 bits per heavy atom. The first-order chi connectivity index (χ1) is 12.0. The Morgan fingerprint density at radius 2 is 1.73 bits per heavy atom. The van der Waals surface area contributed by atoms with Gasteiger partial charge >= 0.3 is 0 Å². The molecule has 1 fully saturated rings. The van der Waals surface area contributed by atoms with Gasteiger partial charge in [0.2, 0.25) is 0 Å². The van der Waals surface area contributed by atoms with Crippen LogP contribution in [-0.2, 0) is 0 Å². The molecule has 1 heterocycles. The Labute approximate surface area is 158 Å². The number of halogens is 3. The van der Waals surface area contributed by atoms with Crippen molar-refractivity contribution in [2.75, 3.05) is 20.1 Å². The lowest BCUT2D eigenvalue weighted by Crippen LogP contribution is -2.43. The van der Waals surface area contributed by atoms with Crippen molar-refractivity contribution in [2.45, 2.75) is 25.8 Å². The van der Waals surface area contributed by atoms with Crippen LogP contribution in [0.25, 0.3) is 11.1 Å². The van der Waals surface area contributed by atoms with Crippen molar-refractivity contribution in [3.05, 3.63) is 59.2 Å². The Hall–Kier alpha value is -1.98. The van der Waals surface area contributed by atoms with Crippen LogP contribution in [0.1, 0.15) is 28.8 Å². The molecule has 0 radical (unpaired) electrons. The van der Waals surface area contributed by atoms with Crippen LogP contribution in [0.2, 0.25) is 0 Å². The second-order valence-corrected chi connectivity index (χ2v) is 6.55. The highest BCUT2D eigenvalue weighted by Crippen LogP contribution is 2.28.